The van der Waals surface area contributed by atoms with Crippen LogP contribution in [0.3, 0.4) is 0 Å². The molecule has 9 heteroatoms. The maximum atomic E-state index is 13.5. The predicted molar refractivity (Wildman–Crippen MR) is 111 cm³/mol. The molecule has 0 aliphatic rings. The van der Waals surface area contributed by atoms with Crippen molar-refractivity contribution in [2.75, 3.05) is 31.7 Å². The van der Waals surface area contributed by atoms with Crippen LogP contribution in [0.5, 0.6) is 5.75 Å². The second kappa shape index (κ2) is 9.62. The Morgan fingerprint density at radius 3 is 2.33 bits per heavy atom. The van der Waals surface area contributed by atoms with E-state index in [-0.39, 0.29) is 22.8 Å². The maximum absolute atomic E-state index is 13.5. The van der Waals surface area contributed by atoms with E-state index in [2.05, 4.69) is 0 Å². The summed E-state index contributed by atoms with van der Waals surface area (Å²) in [7, 11) is -1.50. The number of hydrogen-bond acceptors (Lipinski definition) is 7. The summed E-state index contributed by atoms with van der Waals surface area (Å²) in [6, 6.07) is 9.00. The molecule has 0 aromatic heterocycles. The summed E-state index contributed by atoms with van der Waals surface area (Å²) in [5, 5.41) is 0. The van der Waals surface area contributed by atoms with E-state index in [0.29, 0.717) is 16.9 Å². The third kappa shape index (κ3) is 4.73. The number of rotatable bonds is 8. The smallest absolute Gasteiger partial charge is 0.338 e. The highest BCUT2D eigenvalue weighted by molar-refractivity contribution is 7.92. The van der Waals surface area contributed by atoms with Crippen molar-refractivity contribution in [1.82, 2.24) is 0 Å². The Labute approximate surface area is 176 Å². The molecule has 0 aliphatic carbocycles. The van der Waals surface area contributed by atoms with E-state index in [1.165, 1.54) is 44.6 Å². The number of esters is 2. The Balaban J connectivity index is 2.64. The van der Waals surface area contributed by atoms with Gasteiger partial charge < -0.3 is 14.2 Å². The Hall–Kier alpha value is -3.07. The van der Waals surface area contributed by atoms with Gasteiger partial charge in [0.05, 0.1) is 37.0 Å². The van der Waals surface area contributed by atoms with Crippen molar-refractivity contribution < 1.29 is 32.2 Å². The van der Waals surface area contributed by atoms with Crippen LogP contribution in [0.15, 0.2) is 41.3 Å². The molecule has 0 spiro atoms. The summed E-state index contributed by atoms with van der Waals surface area (Å²) < 4.78 is 42.8. The lowest BCUT2D eigenvalue weighted by Gasteiger charge is -2.26. The normalized spacial score (nSPS) is 11.0. The SMILES string of the molecule is CCOC(=O)c1cccc(N(CC(=O)OC)S(=O)(=O)c2ccc(OC)c(C)c2)c1C. The molecule has 8 nitrogen and oxygen atoms in total. The lowest BCUT2D eigenvalue weighted by atomic mass is 10.1. The van der Waals surface area contributed by atoms with Crippen LogP contribution >= 0.6 is 0 Å². The monoisotopic (exact) mass is 435 g/mol. The maximum Gasteiger partial charge on any atom is 0.338 e. The van der Waals surface area contributed by atoms with Gasteiger partial charge in [0.2, 0.25) is 0 Å². The van der Waals surface area contributed by atoms with Crippen LogP contribution in [0.25, 0.3) is 0 Å². The van der Waals surface area contributed by atoms with Crippen molar-refractivity contribution in [2.45, 2.75) is 25.7 Å². The predicted octanol–water partition coefficient (Wildman–Crippen LogP) is 2.86. The van der Waals surface area contributed by atoms with Gasteiger partial charge in [-0.1, -0.05) is 6.07 Å². The molecule has 0 fully saturated rings. The van der Waals surface area contributed by atoms with Crippen LogP contribution < -0.4 is 9.04 Å². The van der Waals surface area contributed by atoms with Gasteiger partial charge in [0.15, 0.2) is 0 Å². The zero-order valence-corrected chi connectivity index (χ0v) is 18.4. The van der Waals surface area contributed by atoms with E-state index < -0.39 is 28.5 Å². The number of hydrogen-bond donors (Lipinski definition) is 0. The van der Waals surface area contributed by atoms with Gasteiger partial charge >= 0.3 is 11.9 Å². The van der Waals surface area contributed by atoms with Crippen LogP contribution in [0.2, 0.25) is 0 Å². The van der Waals surface area contributed by atoms with Gasteiger partial charge in [-0.2, -0.15) is 0 Å². The fourth-order valence-corrected chi connectivity index (χ4v) is 4.50. The minimum atomic E-state index is -4.16. The molecule has 162 valence electrons. The summed E-state index contributed by atoms with van der Waals surface area (Å²) in [6.45, 7) is 4.61. The number of sulfonamides is 1. The second-order valence-electron chi connectivity index (χ2n) is 6.39. The van der Waals surface area contributed by atoms with Crippen LogP contribution in [-0.4, -0.2) is 47.7 Å². The molecule has 2 aromatic rings. The zero-order valence-electron chi connectivity index (χ0n) is 17.6. The van der Waals surface area contributed by atoms with Gasteiger partial charge in [-0.25, -0.2) is 13.2 Å². The molecule has 0 N–H and O–H groups in total. The Bertz CT molecular complexity index is 1050. The number of anilines is 1. The fourth-order valence-electron chi connectivity index (χ4n) is 2.94. The Morgan fingerprint density at radius 1 is 1.07 bits per heavy atom. The minimum Gasteiger partial charge on any atom is -0.496 e. The number of methoxy groups -OCH3 is 2. The van der Waals surface area contributed by atoms with Gasteiger partial charge in [0.25, 0.3) is 10.0 Å². The van der Waals surface area contributed by atoms with Crippen molar-refractivity contribution >= 4 is 27.6 Å². The summed E-state index contributed by atoms with van der Waals surface area (Å²) in [5.41, 5.74) is 1.38. The molecule has 0 heterocycles. The van der Waals surface area contributed by atoms with Crippen molar-refractivity contribution in [3.05, 3.63) is 53.1 Å². The topological polar surface area (TPSA) is 99.2 Å². The van der Waals surface area contributed by atoms with Crippen molar-refractivity contribution in [1.29, 1.82) is 0 Å². The lowest BCUT2D eigenvalue weighted by molar-refractivity contribution is -0.138. The summed E-state index contributed by atoms with van der Waals surface area (Å²) >= 11 is 0. The third-order valence-corrected chi connectivity index (χ3v) is 6.28. The van der Waals surface area contributed by atoms with Crippen molar-refractivity contribution in [3.63, 3.8) is 0 Å². The number of benzene rings is 2. The van der Waals surface area contributed by atoms with E-state index in [4.69, 9.17) is 14.2 Å². The summed E-state index contributed by atoms with van der Waals surface area (Å²) in [5.74, 6) is -0.786. The minimum absolute atomic E-state index is 0.0226. The average molecular weight is 435 g/mol. The Morgan fingerprint density at radius 2 is 1.77 bits per heavy atom. The average Bonchev–Trinajstić information content (AvgIpc) is 2.72. The van der Waals surface area contributed by atoms with Gasteiger partial charge in [-0.05, 0) is 62.2 Å². The summed E-state index contributed by atoms with van der Waals surface area (Å²) in [6.07, 6.45) is 0. The highest BCUT2D eigenvalue weighted by atomic mass is 32.2. The number of carbonyl (C=O) groups excluding carboxylic acids is 2. The van der Waals surface area contributed by atoms with Crippen molar-refractivity contribution in [2.24, 2.45) is 0 Å². The molecule has 0 atom stereocenters. The molecule has 0 saturated carbocycles. The molecule has 2 rings (SSSR count). The zero-order chi connectivity index (χ0) is 22.5. The molecular weight excluding hydrogens is 410 g/mol. The fraction of sp³-hybridized carbons (Fsp3) is 0.333. The molecule has 30 heavy (non-hydrogen) atoms. The van der Waals surface area contributed by atoms with E-state index in [1.54, 1.807) is 26.8 Å². The first-order valence-electron chi connectivity index (χ1n) is 9.18. The van der Waals surface area contributed by atoms with E-state index >= 15 is 0 Å². The lowest BCUT2D eigenvalue weighted by Crippen LogP contribution is -2.37. The van der Waals surface area contributed by atoms with E-state index in [9.17, 15) is 18.0 Å². The molecule has 2 aromatic carbocycles. The summed E-state index contributed by atoms with van der Waals surface area (Å²) in [4.78, 5) is 24.3. The molecule has 0 amide bonds. The van der Waals surface area contributed by atoms with Gasteiger partial charge in [0.1, 0.15) is 12.3 Å². The van der Waals surface area contributed by atoms with Gasteiger partial charge in [-0.3, -0.25) is 9.10 Å². The number of nitrogens with zero attached hydrogens (tertiary/aromatic N) is 1. The molecular formula is C21H25NO7S. The second-order valence-corrected chi connectivity index (χ2v) is 8.25. The first-order valence-corrected chi connectivity index (χ1v) is 10.6. The van der Waals surface area contributed by atoms with Gasteiger partial charge in [0, 0.05) is 0 Å². The van der Waals surface area contributed by atoms with E-state index in [0.717, 1.165) is 4.31 Å². The number of carbonyl (C=O) groups is 2. The van der Waals surface area contributed by atoms with Gasteiger partial charge in [-0.15, -0.1) is 0 Å². The highest BCUT2D eigenvalue weighted by Crippen LogP contribution is 2.31. The molecule has 0 unspecified atom stereocenters. The largest absolute Gasteiger partial charge is 0.496 e. The quantitative estimate of drug-likeness (QED) is 0.588. The van der Waals surface area contributed by atoms with Crippen molar-refractivity contribution in [3.8, 4) is 5.75 Å². The van der Waals surface area contributed by atoms with Crippen LogP contribution in [0, 0.1) is 13.8 Å². The van der Waals surface area contributed by atoms with Crippen LogP contribution in [0.1, 0.15) is 28.4 Å². The third-order valence-electron chi connectivity index (χ3n) is 4.52. The molecule has 0 bridgehead atoms. The standard InChI is InChI=1S/C21H25NO7S/c1-6-29-21(24)17-8-7-9-18(15(17)3)22(13-20(23)28-5)30(25,26)16-10-11-19(27-4)14(2)12-16/h7-12H,6,13H2,1-5H3. The molecule has 0 aliphatic heterocycles. The highest BCUT2D eigenvalue weighted by Gasteiger charge is 2.30. The van der Waals surface area contributed by atoms with Crippen LogP contribution in [0.4, 0.5) is 5.69 Å². The van der Waals surface area contributed by atoms with Crippen LogP contribution in [-0.2, 0) is 24.3 Å². The number of aryl methyl sites for hydroxylation is 1. The molecule has 0 saturated heterocycles. The number of ether oxygens (including phenoxy) is 3. The van der Waals surface area contributed by atoms with E-state index in [1.807, 2.05) is 0 Å². The molecule has 0 radical (unpaired) electrons. The first-order chi connectivity index (χ1) is 14.2. The Kier molecular flexibility index (Phi) is 7.44. The first kappa shape index (κ1) is 23.2.